The second kappa shape index (κ2) is 7.83. The van der Waals surface area contributed by atoms with Crippen LogP contribution in [-0.4, -0.2) is 4.98 Å². The van der Waals surface area contributed by atoms with E-state index in [2.05, 4.69) is 10.3 Å². The molecule has 0 aliphatic rings. The highest BCUT2D eigenvalue weighted by Gasteiger charge is 2.12. The summed E-state index contributed by atoms with van der Waals surface area (Å²) in [6, 6.07) is 10.2. The summed E-state index contributed by atoms with van der Waals surface area (Å²) in [6.45, 7) is 0. The van der Waals surface area contributed by atoms with Crippen LogP contribution in [0.15, 0.2) is 48.0 Å². The van der Waals surface area contributed by atoms with Crippen LogP contribution in [0.3, 0.4) is 0 Å². The standard InChI is InChI=1S/C18H9Cl2F2N3S/c19-11-1-3-13(14(20)5-11)17-9-26-18(25-17)10(7-23)8-24-16-4-2-12(21)6-15(16)22/h1-6,8-9,24H/b10-8-. The van der Waals surface area contributed by atoms with E-state index in [9.17, 15) is 14.0 Å². The van der Waals surface area contributed by atoms with Crippen LogP contribution in [0, 0.1) is 23.0 Å². The van der Waals surface area contributed by atoms with Crippen LogP contribution in [0.1, 0.15) is 5.01 Å². The van der Waals surface area contributed by atoms with Crippen molar-refractivity contribution in [2.75, 3.05) is 5.32 Å². The number of hydrogen-bond donors (Lipinski definition) is 1. The van der Waals surface area contributed by atoms with Gasteiger partial charge >= 0.3 is 0 Å². The molecular formula is C18H9Cl2F2N3S. The second-order valence-corrected chi connectivity index (χ2v) is 6.80. The zero-order chi connectivity index (χ0) is 18.7. The van der Waals surface area contributed by atoms with Gasteiger partial charge in [-0.05, 0) is 30.3 Å². The van der Waals surface area contributed by atoms with Crippen molar-refractivity contribution in [2.24, 2.45) is 0 Å². The molecule has 26 heavy (non-hydrogen) atoms. The van der Waals surface area contributed by atoms with E-state index in [1.165, 1.54) is 23.6 Å². The lowest BCUT2D eigenvalue weighted by Crippen LogP contribution is -1.94. The molecule has 0 saturated carbocycles. The van der Waals surface area contributed by atoms with Crippen molar-refractivity contribution in [2.45, 2.75) is 0 Å². The van der Waals surface area contributed by atoms with Gasteiger partial charge in [-0.15, -0.1) is 11.3 Å². The number of anilines is 1. The number of allylic oxidation sites excluding steroid dienone is 1. The number of rotatable bonds is 4. The maximum atomic E-state index is 13.7. The average molecular weight is 408 g/mol. The summed E-state index contributed by atoms with van der Waals surface area (Å²) in [5.41, 5.74) is 1.54. The number of nitrogens with one attached hydrogen (secondary N) is 1. The first kappa shape index (κ1) is 18.3. The Morgan fingerprint density at radius 2 is 2.00 bits per heavy atom. The molecule has 3 aromatic rings. The molecule has 0 aliphatic heterocycles. The molecule has 130 valence electrons. The Hall–Kier alpha value is -2.46. The first-order valence-electron chi connectivity index (χ1n) is 7.21. The highest BCUT2D eigenvalue weighted by atomic mass is 35.5. The van der Waals surface area contributed by atoms with Crippen molar-refractivity contribution in [3.63, 3.8) is 0 Å². The molecule has 0 fully saturated rings. The largest absolute Gasteiger partial charge is 0.358 e. The first-order valence-corrected chi connectivity index (χ1v) is 8.84. The monoisotopic (exact) mass is 407 g/mol. The highest BCUT2D eigenvalue weighted by Crippen LogP contribution is 2.32. The highest BCUT2D eigenvalue weighted by molar-refractivity contribution is 7.11. The molecule has 0 atom stereocenters. The minimum absolute atomic E-state index is 0.0525. The first-order chi connectivity index (χ1) is 12.5. The number of nitrogens with zero attached hydrogens (tertiary/aromatic N) is 2. The lowest BCUT2D eigenvalue weighted by molar-refractivity contribution is 0.586. The van der Waals surface area contributed by atoms with Crippen molar-refractivity contribution in [3.05, 3.63) is 74.7 Å². The Kier molecular flexibility index (Phi) is 5.52. The molecule has 3 rings (SSSR count). The summed E-state index contributed by atoms with van der Waals surface area (Å²) >= 11 is 13.3. The van der Waals surface area contributed by atoms with Gasteiger partial charge in [-0.3, -0.25) is 0 Å². The molecule has 8 heteroatoms. The van der Waals surface area contributed by atoms with Gasteiger partial charge in [0, 0.05) is 28.2 Å². The van der Waals surface area contributed by atoms with E-state index in [-0.39, 0.29) is 11.3 Å². The molecule has 0 spiro atoms. The molecule has 0 bridgehead atoms. The number of nitriles is 1. The van der Waals surface area contributed by atoms with Gasteiger partial charge in [-0.1, -0.05) is 23.2 Å². The van der Waals surface area contributed by atoms with Crippen LogP contribution < -0.4 is 5.32 Å². The Labute approximate surface area is 162 Å². The Morgan fingerprint density at radius 3 is 2.69 bits per heavy atom. The molecule has 3 nitrogen and oxygen atoms in total. The quantitative estimate of drug-likeness (QED) is 0.510. The molecule has 1 N–H and O–H groups in total. The fourth-order valence-electron chi connectivity index (χ4n) is 2.12. The predicted molar refractivity (Wildman–Crippen MR) is 101 cm³/mol. The molecule has 0 aliphatic carbocycles. The normalized spacial score (nSPS) is 11.3. The van der Waals surface area contributed by atoms with Crippen molar-refractivity contribution in [3.8, 4) is 17.3 Å². The zero-order valence-corrected chi connectivity index (χ0v) is 15.3. The summed E-state index contributed by atoms with van der Waals surface area (Å²) in [4.78, 5) is 4.40. The third kappa shape index (κ3) is 4.02. The minimum Gasteiger partial charge on any atom is -0.358 e. The van der Waals surface area contributed by atoms with E-state index in [1.54, 1.807) is 23.6 Å². The van der Waals surface area contributed by atoms with E-state index in [0.29, 0.717) is 26.3 Å². The molecule has 2 aromatic carbocycles. The fourth-order valence-corrected chi connectivity index (χ4v) is 3.41. The molecular weight excluding hydrogens is 399 g/mol. The second-order valence-electron chi connectivity index (χ2n) is 5.10. The van der Waals surface area contributed by atoms with Crippen LogP contribution in [-0.2, 0) is 0 Å². The third-order valence-corrected chi connectivity index (χ3v) is 4.79. The Balaban J connectivity index is 1.87. The summed E-state index contributed by atoms with van der Waals surface area (Å²) in [6.07, 6.45) is 1.32. The van der Waals surface area contributed by atoms with Crippen LogP contribution in [0.2, 0.25) is 10.0 Å². The van der Waals surface area contributed by atoms with Gasteiger partial charge in [0.05, 0.1) is 16.4 Å². The maximum Gasteiger partial charge on any atom is 0.149 e. The average Bonchev–Trinajstić information content (AvgIpc) is 3.06. The zero-order valence-electron chi connectivity index (χ0n) is 12.9. The van der Waals surface area contributed by atoms with Crippen molar-refractivity contribution < 1.29 is 8.78 Å². The van der Waals surface area contributed by atoms with E-state index in [1.807, 2.05) is 6.07 Å². The summed E-state index contributed by atoms with van der Waals surface area (Å²) < 4.78 is 26.6. The molecule has 1 heterocycles. The van der Waals surface area contributed by atoms with Gasteiger partial charge in [0.25, 0.3) is 0 Å². The van der Waals surface area contributed by atoms with Gasteiger partial charge in [0.2, 0.25) is 0 Å². The minimum atomic E-state index is -0.758. The maximum absolute atomic E-state index is 13.7. The lowest BCUT2D eigenvalue weighted by atomic mass is 10.2. The molecule has 0 saturated heterocycles. The molecule has 1 aromatic heterocycles. The number of hydrogen-bond acceptors (Lipinski definition) is 4. The number of halogens is 4. The summed E-state index contributed by atoms with van der Waals surface area (Å²) in [7, 11) is 0. The number of benzene rings is 2. The van der Waals surface area contributed by atoms with Crippen LogP contribution in [0.4, 0.5) is 14.5 Å². The Morgan fingerprint density at radius 1 is 1.19 bits per heavy atom. The number of thiazole rings is 1. The van der Waals surface area contributed by atoms with Gasteiger partial charge in [0.1, 0.15) is 28.3 Å². The third-order valence-electron chi connectivity index (χ3n) is 3.37. The SMILES string of the molecule is N#C/C(=C/Nc1ccc(F)cc1F)c1nc(-c2ccc(Cl)cc2Cl)cs1. The Bertz CT molecular complexity index is 1040. The predicted octanol–water partition coefficient (Wildman–Crippen LogP) is 6.37. The van der Waals surface area contributed by atoms with Gasteiger partial charge in [-0.25, -0.2) is 13.8 Å². The van der Waals surface area contributed by atoms with E-state index >= 15 is 0 Å². The van der Waals surface area contributed by atoms with Gasteiger partial charge < -0.3 is 5.32 Å². The molecule has 0 unspecified atom stereocenters. The van der Waals surface area contributed by atoms with Crippen LogP contribution in [0.25, 0.3) is 16.8 Å². The van der Waals surface area contributed by atoms with E-state index in [0.717, 1.165) is 12.1 Å². The van der Waals surface area contributed by atoms with Gasteiger partial charge in [0.15, 0.2) is 0 Å². The topological polar surface area (TPSA) is 48.7 Å². The summed E-state index contributed by atoms with van der Waals surface area (Å²) in [5.74, 6) is -1.44. The molecule has 0 radical (unpaired) electrons. The van der Waals surface area contributed by atoms with Gasteiger partial charge in [-0.2, -0.15) is 5.26 Å². The summed E-state index contributed by atoms with van der Waals surface area (Å²) in [5, 5.41) is 15.2. The fraction of sp³-hybridized carbons (Fsp3) is 0. The van der Waals surface area contributed by atoms with Crippen molar-refractivity contribution >= 4 is 45.8 Å². The lowest BCUT2D eigenvalue weighted by Gasteiger charge is -2.03. The van der Waals surface area contributed by atoms with E-state index in [4.69, 9.17) is 23.2 Å². The van der Waals surface area contributed by atoms with Crippen molar-refractivity contribution in [1.82, 2.24) is 4.98 Å². The number of aromatic nitrogens is 1. The van der Waals surface area contributed by atoms with Crippen LogP contribution in [0.5, 0.6) is 0 Å². The smallest absolute Gasteiger partial charge is 0.149 e. The molecule has 0 amide bonds. The van der Waals surface area contributed by atoms with Crippen molar-refractivity contribution in [1.29, 1.82) is 5.26 Å². The van der Waals surface area contributed by atoms with Crippen LogP contribution >= 0.6 is 34.5 Å². The van der Waals surface area contributed by atoms with E-state index < -0.39 is 11.6 Å².